The summed E-state index contributed by atoms with van der Waals surface area (Å²) < 4.78 is 16.7. The number of esters is 3. The van der Waals surface area contributed by atoms with E-state index in [1.165, 1.54) is 167 Å². The van der Waals surface area contributed by atoms with Crippen LogP contribution in [0.1, 0.15) is 265 Å². The van der Waals surface area contributed by atoms with Crippen LogP contribution in [0.2, 0.25) is 0 Å². The maximum Gasteiger partial charge on any atom is 0.306 e. The Labute approximate surface area is 341 Å². The Bertz CT molecular complexity index is 854. The Morgan fingerprint density at radius 2 is 0.600 bits per heavy atom. The van der Waals surface area contributed by atoms with Crippen molar-refractivity contribution in [1.82, 2.24) is 0 Å². The normalized spacial score (nSPS) is 12.0. The second-order valence-electron chi connectivity index (χ2n) is 16.4. The molecule has 0 saturated carbocycles. The zero-order valence-electron chi connectivity index (χ0n) is 37.0. The van der Waals surface area contributed by atoms with Crippen LogP contribution in [-0.4, -0.2) is 37.2 Å². The lowest BCUT2D eigenvalue weighted by molar-refractivity contribution is -0.167. The highest BCUT2D eigenvalue weighted by molar-refractivity contribution is 5.71. The van der Waals surface area contributed by atoms with Crippen LogP contribution in [-0.2, 0) is 28.6 Å². The Kier molecular flexibility index (Phi) is 43.4. The summed E-state index contributed by atoms with van der Waals surface area (Å²) >= 11 is 0. The maximum absolute atomic E-state index is 12.7. The summed E-state index contributed by atoms with van der Waals surface area (Å²) in [4.78, 5) is 37.6. The molecule has 0 bridgehead atoms. The second kappa shape index (κ2) is 44.9. The highest BCUT2D eigenvalue weighted by Gasteiger charge is 2.19. The van der Waals surface area contributed by atoms with Crippen LogP contribution in [0.5, 0.6) is 0 Å². The number of carbonyl (C=O) groups excluding carboxylic acids is 3. The van der Waals surface area contributed by atoms with Crippen LogP contribution in [0.3, 0.4) is 0 Å². The van der Waals surface area contributed by atoms with Crippen molar-refractivity contribution in [3.8, 4) is 0 Å². The zero-order chi connectivity index (χ0) is 40.1. The first-order valence-electron chi connectivity index (χ1n) is 24.2. The van der Waals surface area contributed by atoms with E-state index in [4.69, 9.17) is 14.2 Å². The number of hydrogen-bond donors (Lipinski definition) is 0. The predicted molar refractivity (Wildman–Crippen MR) is 233 cm³/mol. The lowest BCUT2D eigenvalue weighted by atomic mass is 10.1. The van der Waals surface area contributed by atoms with Gasteiger partial charge in [-0.15, -0.1) is 0 Å². The molecule has 0 aliphatic carbocycles. The molecule has 1 atom stereocenters. The molecule has 0 amide bonds. The standard InChI is InChI=1S/C49H92O6/c1-4-7-10-13-16-19-21-22-23-24-25-26-27-28-29-31-33-36-39-42-48(51)54-45-46(44-53-47(50)41-38-35-32-18-15-12-9-6-3)55-49(52)43-40-37-34-30-20-17-14-11-8-5-2/h22-23,46H,4-21,24-45H2,1-3H3/b23-22-. The molecule has 0 saturated heterocycles. The summed E-state index contributed by atoms with van der Waals surface area (Å²) in [5.74, 6) is -0.864. The van der Waals surface area contributed by atoms with Crippen molar-refractivity contribution in [3.63, 3.8) is 0 Å². The third-order valence-corrected chi connectivity index (χ3v) is 10.8. The van der Waals surface area contributed by atoms with Crippen molar-refractivity contribution < 1.29 is 28.6 Å². The molecule has 0 aliphatic heterocycles. The topological polar surface area (TPSA) is 78.9 Å². The van der Waals surface area contributed by atoms with Gasteiger partial charge in [0.15, 0.2) is 6.10 Å². The average molecular weight is 777 g/mol. The fraction of sp³-hybridized carbons (Fsp3) is 0.898. The van der Waals surface area contributed by atoms with Crippen LogP contribution in [0.4, 0.5) is 0 Å². The maximum atomic E-state index is 12.7. The Balaban J connectivity index is 4.20. The summed E-state index contributed by atoms with van der Waals surface area (Å²) in [5, 5.41) is 0. The van der Waals surface area contributed by atoms with Gasteiger partial charge in [-0.05, 0) is 44.9 Å². The van der Waals surface area contributed by atoms with Gasteiger partial charge in [-0.2, -0.15) is 0 Å². The fourth-order valence-electron chi connectivity index (χ4n) is 7.08. The third kappa shape index (κ3) is 43.1. The smallest absolute Gasteiger partial charge is 0.306 e. The highest BCUT2D eigenvalue weighted by atomic mass is 16.6. The molecule has 0 N–H and O–H groups in total. The van der Waals surface area contributed by atoms with Crippen molar-refractivity contribution in [2.45, 2.75) is 271 Å². The van der Waals surface area contributed by atoms with Crippen LogP contribution in [0, 0.1) is 0 Å². The Morgan fingerprint density at radius 3 is 0.909 bits per heavy atom. The number of rotatable bonds is 44. The molecule has 0 heterocycles. The van der Waals surface area contributed by atoms with E-state index in [0.717, 1.165) is 57.8 Å². The lowest BCUT2D eigenvalue weighted by Crippen LogP contribution is -2.30. The average Bonchev–Trinajstić information content (AvgIpc) is 3.18. The molecule has 0 radical (unpaired) electrons. The number of carbonyl (C=O) groups is 3. The van der Waals surface area contributed by atoms with Gasteiger partial charge in [-0.3, -0.25) is 14.4 Å². The van der Waals surface area contributed by atoms with Gasteiger partial charge in [-0.25, -0.2) is 0 Å². The largest absolute Gasteiger partial charge is 0.462 e. The lowest BCUT2D eigenvalue weighted by Gasteiger charge is -2.18. The van der Waals surface area contributed by atoms with E-state index < -0.39 is 6.10 Å². The van der Waals surface area contributed by atoms with E-state index in [1.807, 2.05) is 0 Å². The molecule has 6 nitrogen and oxygen atoms in total. The van der Waals surface area contributed by atoms with Gasteiger partial charge < -0.3 is 14.2 Å². The van der Waals surface area contributed by atoms with Gasteiger partial charge in [-0.1, -0.05) is 213 Å². The molecule has 324 valence electrons. The van der Waals surface area contributed by atoms with Crippen LogP contribution in [0.25, 0.3) is 0 Å². The Hall–Kier alpha value is -1.85. The first-order chi connectivity index (χ1) is 27.0. The molecule has 0 aromatic heterocycles. The molecular formula is C49H92O6. The molecular weight excluding hydrogens is 685 g/mol. The quantitative estimate of drug-likeness (QED) is 0.0265. The van der Waals surface area contributed by atoms with Gasteiger partial charge in [0.05, 0.1) is 0 Å². The summed E-state index contributed by atoms with van der Waals surface area (Å²) in [5.41, 5.74) is 0. The van der Waals surface area contributed by atoms with Crippen molar-refractivity contribution in [3.05, 3.63) is 12.2 Å². The minimum Gasteiger partial charge on any atom is -0.462 e. The van der Waals surface area contributed by atoms with Gasteiger partial charge >= 0.3 is 17.9 Å². The van der Waals surface area contributed by atoms with E-state index in [1.54, 1.807) is 0 Å². The monoisotopic (exact) mass is 777 g/mol. The van der Waals surface area contributed by atoms with Gasteiger partial charge in [0.2, 0.25) is 0 Å². The second-order valence-corrected chi connectivity index (χ2v) is 16.4. The van der Waals surface area contributed by atoms with Crippen molar-refractivity contribution in [1.29, 1.82) is 0 Å². The fourth-order valence-corrected chi connectivity index (χ4v) is 7.08. The van der Waals surface area contributed by atoms with E-state index in [-0.39, 0.29) is 31.1 Å². The van der Waals surface area contributed by atoms with Gasteiger partial charge in [0.1, 0.15) is 13.2 Å². The van der Waals surface area contributed by atoms with Crippen LogP contribution >= 0.6 is 0 Å². The predicted octanol–water partition coefficient (Wildman–Crippen LogP) is 15.4. The van der Waals surface area contributed by atoms with Crippen molar-refractivity contribution >= 4 is 17.9 Å². The number of hydrogen-bond acceptors (Lipinski definition) is 6. The van der Waals surface area contributed by atoms with Crippen molar-refractivity contribution in [2.75, 3.05) is 13.2 Å². The van der Waals surface area contributed by atoms with Crippen LogP contribution < -0.4 is 0 Å². The summed E-state index contributed by atoms with van der Waals surface area (Å²) in [6.45, 7) is 6.61. The molecule has 55 heavy (non-hydrogen) atoms. The molecule has 0 rings (SSSR count). The van der Waals surface area contributed by atoms with E-state index >= 15 is 0 Å². The van der Waals surface area contributed by atoms with Crippen molar-refractivity contribution in [2.24, 2.45) is 0 Å². The van der Waals surface area contributed by atoms with E-state index in [0.29, 0.717) is 19.3 Å². The number of unbranched alkanes of at least 4 members (excludes halogenated alkanes) is 31. The molecule has 0 aromatic carbocycles. The van der Waals surface area contributed by atoms with E-state index in [9.17, 15) is 14.4 Å². The van der Waals surface area contributed by atoms with E-state index in [2.05, 4.69) is 32.9 Å². The minimum atomic E-state index is -0.761. The van der Waals surface area contributed by atoms with Gasteiger partial charge in [0, 0.05) is 19.3 Å². The molecule has 0 aromatic rings. The number of allylic oxidation sites excluding steroid dienone is 2. The molecule has 0 spiro atoms. The molecule has 1 unspecified atom stereocenters. The Morgan fingerprint density at radius 1 is 0.345 bits per heavy atom. The zero-order valence-corrected chi connectivity index (χ0v) is 37.0. The summed E-state index contributed by atoms with van der Waals surface area (Å²) in [6.07, 6.45) is 47.8. The van der Waals surface area contributed by atoms with Crippen LogP contribution in [0.15, 0.2) is 12.2 Å². The third-order valence-electron chi connectivity index (χ3n) is 10.8. The summed E-state index contributed by atoms with van der Waals surface area (Å²) in [7, 11) is 0. The minimum absolute atomic E-state index is 0.0666. The molecule has 0 aliphatic rings. The molecule has 6 heteroatoms. The first kappa shape index (κ1) is 53.1. The summed E-state index contributed by atoms with van der Waals surface area (Å²) in [6, 6.07) is 0. The SMILES string of the molecule is CCCCCCCC/C=C\CCCCCCCCCCCC(=O)OCC(COC(=O)CCCCCCCCCC)OC(=O)CCCCCCCCCCCC. The van der Waals surface area contributed by atoms with Gasteiger partial charge in [0.25, 0.3) is 0 Å². The first-order valence-corrected chi connectivity index (χ1v) is 24.2. The molecule has 0 fully saturated rings. The highest BCUT2D eigenvalue weighted by Crippen LogP contribution is 2.15. The number of ether oxygens (including phenoxy) is 3.